The summed E-state index contributed by atoms with van der Waals surface area (Å²) in [6.45, 7) is 0.975. The molecule has 1 aliphatic heterocycles. The number of carbonyl (C=O) groups excluding carboxylic acids is 1. The molecule has 0 atom stereocenters. The number of fused-ring (bicyclic) bond motifs is 1. The zero-order valence-electron chi connectivity index (χ0n) is 18.7. The van der Waals surface area contributed by atoms with Gasteiger partial charge in [-0.1, -0.05) is 0 Å². The number of anilines is 1. The van der Waals surface area contributed by atoms with E-state index in [0.29, 0.717) is 61.1 Å². The maximum atomic E-state index is 13.4. The van der Waals surface area contributed by atoms with Crippen LogP contribution in [0, 0.1) is 11.8 Å². The summed E-state index contributed by atoms with van der Waals surface area (Å²) in [5.74, 6) is 2.41. The molecule has 10 nitrogen and oxygen atoms in total. The number of thiazole rings is 1. The van der Waals surface area contributed by atoms with Crippen molar-refractivity contribution in [3.8, 4) is 11.4 Å². The molecule has 6 rings (SSSR count). The van der Waals surface area contributed by atoms with Crippen LogP contribution in [0.25, 0.3) is 16.2 Å². The van der Waals surface area contributed by atoms with Gasteiger partial charge in [0.15, 0.2) is 5.82 Å². The van der Waals surface area contributed by atoms with Crippen molar-refractivity contribution in [1.82, 2.24) is 29.8 Å². The fourth-order valence-electron chi connectivity index (χ4n) is 4.90. The van der Waals surface area contributed by atoms with Crippen LogP contribution < -0.4 is 10.6 Å². The number of rotatable bonds is 7. The Morgan fingerprint density at radius 1 is 1.09 bits per heavy atom. The minimum atomic E-state index is -1.03. The molecule has 2 saturated carbocycles. The Hall–Kier alpha value is -3.21. The molecule has 4 heterocycles. The van der Waals surface area contributed by atoms with Crippen LogP contribution in [0.1, 0.15) is 49.0 Å². The quantitative estimate of drug-likeness (QED) is 0.473. The number of hydrogen-bond donors (Lipinski definition) is 3. The van der Waals surface area contributed by atoms with E-state index in [1.165, 1.54) is 25.7 Å². The lowest BCUT2D eigenvalue weighted by atomic mass is 10.0. The topological polar surface area (TPSA) is 125 Å². The Labute approximate surface area is 200 Å². The maximum absolute atomic E-state index is 13.4. The average molecular weight is 482 g/mol. The molecule has 2 amide bonds. The first kappa shape index (κ1) is 21.3. The van der Waals surface area contributed by atoms with E-state index in [0.717, 1.165) is 10.4 Å². The van der Waals surface area contributed by atoms with Crippen molar-refractivity contribution in [3.05, 3.63) is 29.5 Å². The van der Waals surface area contributed by atoms with E-state index in [-0.39, 0.29) is 11.9 Å². The van der Waals surface area contributed by atoms with Crippen LogP contribution in [-0.2, 0) is 0 Å². The molecule has 178 valence electrons. The summed E-state index contributed by atoms with van der Waals surface area (Å²) in [7, 11) is 0. The fourth-order valence-corrected chi connectivity index (χ4v) is 5.69. The number of aromatic nitrogens is 4. The van der Waals surface area contributed by atoms with E-state index in [2.05, 4.69) is 20.7 Å². The molecule has 0 bridgehead atoms. The second-order valence-electron chi connectivity index (χ2n) is 9.53. The zero-order chi connectivity index (χ0) is 23.2. The molecule has 0 radical (unpaired) electrons. The van der Waals surface area contributed by atoms with Gasteiger partial charge in [-0.15, -0.1) is 11.3 Å². The van der Waals surface area contributed by atoms with Gasteiger partial charge >= 0.3 is 6.09 Å². The third kappa shape index (κ3) is 4.31. The predicted molar refractivity (Wildman–Crippen MR) is 127 cm³/mol. The standard InChI is InChI=1S/C23H27N7O3S/c31-21(29-7-5-15(6-8-29)25-23(32)33)17-11-18(27-19(13-1-2-13)14-3-4-14)28-20(26-17)16-12-24-30-9-10-34-22(16)30/h9-15,19,25H,1-8H2,(H,32,33)(H,26,27,28). The first-order valence-electron chi connectivity index (χ1n) is 11.9. The van der Waals surface area contributed by atoms with Crippen LogP contribution in [0.5, 0.6) is 0 Å². The zero-order valence-corrected chi connectivity index (χ0v) is 19.5. The van der Waals surface area contributed by atoms with E-state index in [9.17, 15) is 9.59 Å². The van der Waals surface area contributed by atoms with E-state index in [1.807, 2.05) is 11.6 Å². The molecule has 1 saturated heterocycles. The fraction of sp³-hybridized carbons (Fsp3) is 0.522. The van der Waals surface area contributed by atoms with Crippen molar-refractivity contribution < 1.29 is 14.7 Å². The Kier molecular flexibility index (Phi) is 5.35. The van der Waals surface area contributed by atoms with Gasteiger partial charge in [-0.25, -0.2) is 19.3 Å². The summed E-state index contributed by atoms with van der Waals surface area (Å²) < 4.78 is 1.79. The van der Waals surface area contributed by atoms with Crippen molar-refractivity contribution in [2.24, 2.45) is 11.8 Å². The van der Waals surface area contributed by atoms with Gasteiger partial charge in [-0.05, 0) is 50.4 Å². The van der Waals surface area contributed by atoms with Crippen molar-refractivity contribution in [2.75, 3.05) is 18.4 Å². The number of nitrogens with one attached hydrogen (secondary N) is 2. The smallest absolute Gasteiger partial charge is 0.404 e. The predicted octanol–water partition coefficient (Wildman–Crippen LogP) is 3.33. The lowest BCUT2D eigenvalue weighted by molar-refractivity contribution is 0.0700. The van der Waals surface area contributed by atoms with Crippen molar-refractivity contribution >= 4 is 34.0 Å². The number of hydrogen-bond acceptors (Lipinski definition) is 7. The molecule has 0 unspecified atom stereocenters. The highest BCUT2D eigenvalue weighted by atomic mass is 32.1. The Morgan fingerprint density at radius 3 is 2.50 bits per heavy atom. The molecule has 11 heteroatoms. The van der Waals surface area contributed by atoms with Crippen molar-refractivity contribution in [2.45, 2.75) is 50.6 Å². The van der Waals surface area contributed by atoms with Gasteiger partial charge < -0.3 is 20.6 Å². The molecular formula is C23H27N7O3S. The Balaban J connectivity index is 1.29. The number of nitrogens with zero attached hydrogens (tertiary/aromatic N) is 5. The molecule has 3 fully saturated rings. The second-order valence-corrected chi connectivity index (χ2v) is 10.4. The van der Waals surface area contributed by atoms with Crippen LogP contribution in [0.3, 0.4) is 0 Å². The molecule has 3 aliphatic rings. The lowest BCUT2D eigenvalue weighted by Crippen LogP contribution is -2.46. The van der Waals surface area contributed by atoms with E-state index in [1.54, 1.807) is 33.0 Å². The summed E-state index contributed by atoms with van der Waals surface area (Å²) in [6.07, 6.45) is 8.78. The van der Waals surface area contributed by atoms with Crippen LogP contribution in [0.4, 0.5) is 10.6 Å². The molecule has 3 N–H and O–H groups in total. The molecule has 0 spiro atoms. The van der Waals surface area contributed by atoms with Gasteiger partial charge in [0.1, 0.15) is 16.3 Å². The summed E-state index contributed by atoms with van der Waals surface area (Å²) in [4.78, 5) is 36.6. The maximum Gasteiger partial charge on any atom is 0.404 e. The second kappa shape index (κ2) is 8.53. The first-order chi connectivity index (χ1) is 16.5. The van der Waals surface area contributed by atoms with E-state index >= 15 is 0 Å². The monoisotopic (exact) mass is 481 g/mol. The van der Waals surface area contributed by atoms with Crippen LogP contribution >= 0.6 is 11.3 Å². The highest BCUT2D eigenvalue weighted by Gasteiger charge is 2.41. The van der Waals surface area contributed by atoms with Crippen molar-refractivity contribution in [1.29, 1.82) is 0 Å². The van der Waals surface area contributed by atoms with Gasteiger partial charge in [0.05, 0.1) is 11.8 Å². The third-order valence-corrected chi connectivity index (χ3v) is 7.89. The molecule has 3 aromatic rings. The van der Waals surface area contributed by atoms with Gasteiger partial charge in [-0.3, -0.25) is 4.79 Å². The van der Waals surface area contributed by atoms with Gasteiger partial charge in [0.25, 0.3) is 5.91 Å². The van der Waals surface area contributed by atoms with Gasteiger partial charge in [0.2, 0.25) is 0 Å². The van der Waals surface area contributed by atoms with Crippen LogP contribution in [0.15, 0.2) is 23.8 Å². The number of amides is 2. The minimum Gasteiger partial charge on any atom is -0.465 e. The van der Waals surface area contributed by atoms with Gasteiger partial charge in [0, 0.05) is 42.8 Å². The summed E-state index contributed by atoms with van der Waals surface area (Å²) >= 11 is 1.56. The van der Waals surface area contributed by atoms with Crippen LogP contribution in [-0.4, -0.2) is 66.8 Å². The number of piperidine rings is 1. The lowest BCUT2D eigenvalue weighted by Gasteiger charge is -2.31. The summed E-state index contributed by atoms with van der Waals surface area (Å²) in [5, 5.41) is 21.5. The summed E-state index contributed by atoms with van der Waals surface area (Å²) in [5.41, 5.74) is 1.17. The largest absolute Gasteiger partial charge is 0.465 e. The highest BCUT2D eigenvalue weighted by molar-refractivity contribution is 7.16. The molecule has 3 aromatic heterocycles. The number of likely N-dealkylation sites (tertiary alicyclic amines) is 1. The highest BCUT2D eigenvalue weighted by Crippen LogP contribution is 2.45. The Bertz CT molecular complexity index is 1210. The molecule has 34 heavy (non-hydrogen) atoms. The Morgan fingerprint density at radius 2 is 1.82 bits per heavy atom. The molecular weight excluding hydrogens is 454 g/mol. The average Bonchev–Trinajstić information content (AvgIpc) is 3.75. The van der Waals surface area contributed by atoms with E-state index < -0.39 is 6.09 Å². The van der Waals surface area contributed by atoms with E-state index in [4.69, 9.17) is 10.1 Å². The van der Waals surface area contributed by atoms with Crippen molar-refractivity contribution in [3.63, 3.8) is 0 Å². The third-order valence-electron chi connectivity index (χ3n) is 7.00. The summed E-state index contributed by atoms with van der Waals surface area (Å²) in [6, 6.07) is 2.05. The SMILES string of the molecule is O=C(O)NC1CCN(C(=O)c2cc(NC(C3CC3)C3CC3)nc(-c3cnn4ccsc34)n2)CC1. The molecule has 2 aliphatic carbocycles. The minimum absolute atomic E-state index is 0.128. The first-order valence-corrected chi connectivity index (χ1v) is 12.8. The normalized spacial score (nSPS) is 19.0. The molecule has 0 aromatic carbocycles. The number of carbonyl (C=O) groups is 2. The van der Waals surface area contributed by atoms with Crippen LogP contribution in [0.2, 0.25) is 0 Å². The number of carboxylic acid groups (broad SMARTS) is 1. The van der Waals surface area contributed by atoms with Gasteiger partial charge in [-0.2, -0.15) is 5.10 Å².